The third-order valence-corrected chi connectivity index (χ3v) is 4.90. The molecule has 4 nitrogen and oxygen atoms in total. The number of carbonyl (C=O) groups is 2. The Morgan fingerprint density at radius 2 is 1.71 bits per heavy atom. The van der Waals surface area contributed by atoms with Crippen LogP contribution in [-0.2, 0) is 0 Å². The van der Waals surface area contributed by atoms with Crippen LogP contribution in [0.1, 0.15) is 58.2 Å². The molecule has 0 saturated heterocycles. The number of carboxylic acids is 1. The summed E-state index contributed by atoms with van der Waals surface area (Å²) >= 11 is 1.62. The number of hydrogen-bond donors (Lipinski definition) is 1. The van der Waals surface area contributed by atoms with Crippen molar-refractivity contribution in [1.82, 2.24) is 0 Å². The van der Waals surface area contributed by atoms with Crippen LogP contribution in [0.5, 0.6) is 5.75 Å². The van der Waals surface area contributed by atoms with Gasteiger partial charge in [0.05, 0.1) is 5.56 Å². The third kappa shape index (κ3) is 5.26. The maximum Gasteiger partial charge on any atom is 0.336 e. The van der Waals surface area contributed by atoms with Gasteiger partial charge in [0.15, 0.2) is 5.78 Å². The predicted octanol–water partition coefficient (Wildman–Crippen LogP) is 5.80. The van der Waals surface area contributed by atoms with E-state index in [1.807, 2.05) is 39.2 Å². The highest BCUT2D eigenvalue weighted by Gasteiger charge is 2.22. The fourth-order valence-electron chi connectivity index (χ4n) is 2.91. The second-order valence-electron chi connectivity index (χ2n) is 7.56. The maximum atomic E-state index is 12.5. The first kappa shape index (κ1) is 21.8. The molecule has 0 unspecified atom stereocenters. The molecule has 0 heterocycles. The number of carboxylic acid groups (broad SMARTS) is 1. The summed E-state index contributed by atoms with van der Waals surface area (Å²) in [5, 5.41) is 9.54. The highest BCUT2D eigenvalue weighted by molar-refractivity contribution is 7.98. The highest BCUT2D eigenvalue weighted by atomic mass is 32.2. The van der Waals surface area contributed by atoms with Crippen molar-refractivity contribution in [2.45, 2.75) is 45.1 Å². The Morgan fingerprint density at radius 3 is 2.21 bits per heavy atom. The van der Waals surface area contributed by atoms with Crippen LogP contribution >= 0.6 is 11.8 Å². The van der Waals surface area contributed by atoms with Crippen molar-refractivity contribution in [3.05, 3.63) is 64.2 Å². The summed E-state index contributed by atoms with van der Waals surface area (Å²) in [5.41, 5.74) is 2.19. The average Bonchev–Trinajstić information content (AvgIpc) is 2.61. The summed E-state index contributed by atoms with van der Waals surface area (Å²) in [6.07, 6.45) is 5.18. The van der Waals surface area contributed by atoms with Crippen molar-refractivity contribution in [3.8, 4) is 5.75 Å². The Balaban J connectivity index is 2.46. The summed E-state index contributed by atoms with van der Waals surface area (Å²) in [6.45, 7) is 9.19. The van der Waals surface area contributed by atoms with Crippen LogP contribution in [0.15, 0.2) is 41.3 Å². The van der Waals surface area contributed by atoms with Crippen LogP contribution in [0.2, 0.25) is 0 Å². The molecule has 2 aromatic carbocycles. The lowest BCUT2D eigenvalue weighted by Gasteiger charge is -2.25. The summed E-state index contributed by atoms with van der Waals surface area (Å²) < 4.78 is 6.05. The smallest absolute Gasteiger partial charge is 0.336 e. The van der Waals surface area contributed by atoms with Crippen molar-refractivity contribution >= 4 is 29.6 Å². The van der Waals surface area contributed by atoms with Gasteiger partial charge < -0.3 is 9.84 Å². The van der Waals surface area contributed by atoms with Gasteiger partial charge in [0, 0.05) is 21.6 Å². The van der Waals surface area contributed by atoms with Crippen LogP contribution in [0, 0.1) is 13.8 Å². The summed E-state index contributed by atoms with van der Waals surface area (Å²) in [6, 6.07) is 9.17. The van der Waals surface area contributed by atoms with Gasteiger partial charge in [0.25, 0.3) is 0 Å². The van der Waals surface area contributed by atoms with Crippen molar-refractivity contribution < 1.29 is 19.4 Å². The van der Waals surface area contributed by atoms with E-state index in [0.717, 1.165) is 4.90 Å². The molecule has 0 atom stereocenters. The van der Waals surface area contributed by atoms with Crippen LogP contribution in [0.4, 0.5) is 0 Å². The number of ketones is 1. The number of rotatable bonds is 6. The Kier molecular flexibility index (Phi) is 6.73. The molecule has 0 aromatic heterocycles. The van der Waals surface area contributed by atoms with Crippen molar-refractivity contribution in [2.75, 3.05) is 6.26 Å². The van der Waals surface area contributed by atoms with Gasteiger partial charge in [-0.15, -0.1) is 11.8 Å². The fraction of sp³-hybridized carbons (Fsp3) is 0.304. The van der Waals surface area contributed by atoms with Crippen LogP contribution in [0.3, 0.4) is 0 Å². The van der Waals surface area contributed by atoms with E-state index in [1.165, 1.54) is 6.08 Å². The quantitative estimate of drug-likeness (QED) is 0.379. The first-order valence-corrected chi connectivity index (χ1v) is 10.2. The molecular formula is C23H26O4S. The predicted molar refractivity (Wildman–Crippen MR) is 115 cm³/mol. The zero-order chi connectivity index (χ0) is 21.1. The lowest BCUT2D eigenvalue weighted by atomic mass is 9.96. The minimum atomic E-state index is -0.991. The normalized spacial score (nSPS) is 11.6. The van der Waals surface area contributed by atoms with E-state index in [1.54, 1.807) is 49.9 Å². The van der Waals surface area contributed by atoms with Gasteiger partial charge in [-0.3, -0.25) is 4.79 Å². The molecule has 148 valence electrons. The fourth-order valence-corrected chi connectivity index (χ4v) is 3.32. The van der Waals surface area contributed by atoms with Crippen molar-refractivity contribution in [3.63, 3.8) is 0 Å². The Morgan fingerprint density at radius 1 is 1.11 bits per heavy atom. The molecule has 0 aliphatic carbocycles. The number of carbonyl (C=O) groups excluding carboxylic acids is 1. The Hall–Kier alpha value is -2.53. The second kappa shape index (κ2) is 8.65. The largest absolute Gasteiger partial charge is 0.487 e. The maximum absolute atomic E-state index is 12.5. The first-order chi connectivity index (χ1) is 13.0. The molecule has 28 heavy (non-hydrogen) atoms. The SMILES string of the molecule is CSc1ccc(C(=O)/C=C/c2cc(C)c(C(=O)O)c(C)c2OC(C)(C)C)cc1. The second-order valence-corrected chi connectivity index (χ2v) is 8.44. The molecule has 0 saturated carbocycles. The Bertz CT molecular complexity index is 919. The van der Waals surface area contributed by atoms with Gasteiger partial charge in [-0.2, -0.15) is 0 Å². The van der Waals surface area contributed by atoms with E-state index in [-0.39, 0.29) is 11.3 Å². The van der Waals surface area contributed by atoms with E-state index in [0.29, 0.717) is 28.0 Å². The number of ether oxygens (including phenoxy) is 1. The van der Waals surface area contributed by atoms with Gasteiger partial charge >= 0.3 is 5.97 Å². The third-order valence-electron chi connectivity index (χ3n) is 4.16. The molecular weight excluding hydrogens is 372 g/mol. The molecule has 1 N–H and O–H groups in total. The van der Waals surface area contributed by atoms with E-state index < -0.39 is 11.6 Å². The zero-order valence-corrected chi connectivity index (χ0v) is 17.9. The molecule has 0 radical (unpaired) electrons. The van der Waals surface area contributed by atoms with E-state index in [2.05, 4.69) is 0 Å². The number of aryl methyl sites for hydroxylation is 1. The summed E-state index contributed by atoms with van der Waals surface area (Å²) in [7, 11) is 0. The molecule has 0 amide bonds. The molecule has 2 aromatic rings. The molecule has 0 bridgehead atoms. The van der Waals surface area contributed by atoms with Gasteiger partial charge in [0.2, 0.25) is 0 Å². The number of benzene rings is 2. The molecule has 0 fully saturated rings. The minimum Gasteiger partial charge on any atom is -0.487 e. The molecule has 0 spiro atoms. The average molecular weight is 399 g/mol. The molecule has 2 rings (SSSR count). The van der Waals surface area contributed by atoms with Gasteiger partial charge in [0.1, 0.15) is 11.4 Å². The lowest BCUT2D eigenvalue weighted by Crippen LogP contribution is -2.24. The van der Waals surface area contributed by atoms with Crippen LogP contribution in [0.25, 0.3) is 6.08 Å². The van der Waals surface area contributed by atoms with Crippen molar-refractivity contribution in [2.24, 2.45) is 0 Å². The number of hydrogen-bond acceptors (Lipinski definition) is 4. The van der Waals surface area contributed by atoms with Crippen molar-refractivity contribution in [1.29, 1.82) is 0 Å². The zero-order valence-electron chi connectivity index (χ0n) is 17.1. The topological polar surface area (TPSA) is 63.6 Å². The first-order valence-electron chi connectivity index (χ1n) is 8.96. The monoisotopic (exact) mass is 398 g/mol. The molecule has 0 aliphatic heterocycles. The van der Waals surface area contributed by atoms with Gasteiger partial charge in [-0.1, -0.05) is 0 Å². The van der Waals surface area contributed by atoms with Gasteiger partial charge in [-0.25, -0.2) is 4.79 Å². The molecule has 0 aliphatic rings. The minimum absolute atomic E-state index is 0.119. The van der Waals surface area contributed by atoms with Crippen LogP contribution in [-0.4, -0.2) is 28.7 Å². The number of aromatic carboxylic acids is 1. The summed E-state index contributed by atoms with van der Waals surface area (Å²) in [4.78, 5) is 25.3. The molecule has 5 heteroatoms. The van der Waals surface area contributed by atoms with Crippen LogP contribution < -0.4 is 4.74 Å². The number of thioether (sulfide) groups is 1. The Labute approximate surface area is 170 Å². The van der Waals surface area contributed by atoms with Gasteiger partial charge in [-0.05, 0) is 88.9 Å². The van der Waals surface area contributed by atoms with E-state index in [4.69, 9.17) is 4.74 Å². The summed E-state index contributed by atoms with van der Waals surface area (Å²) in [5.74, 6) is -0.626. The lowest BCUT2D eigenvalue weighted by molar-refractivity contribution is 0.0692. The van der Waals surface area contributed by atoms with E-state index >= 15 is 0 Å². The van der Waals surface area contributed by atoms with E-state index in [9.17, 15) is 14.7 Å². The highest BCUT2D eigenvalue weighted by Crippen LogP contribution is 2.33. The number of allylic oxidation sites excluding steroid dienone is 1. The standard InChI is InChI=1S/C23H26O4S/c1-14-13-17(9-12-19(24)16-7-10-18(28-6)11-8-16)21(27-23(3,4)5)15(2)20(14)22(25)26/h7-13H,1-6H3,(H,25,26)/b12-9+.